The van der Waals surface area contributed by atoms with E-state index in [9.17, 15) is 9.59 Å². The molecule has 0 spiro atoms. The number of amides is 2. The molecule has 0 fully saturated rings. The van der Waals surface area contributed by atoms with E-state index in [2.05, 4.69) is 10.6 Å². The molecular formula is C17H17ClN2O2. The SMILES string of the molecule is CC(=O)NC(CC(=O)Nc1ccccc1)c1ccc(Cl)cc1. The van der Waals surface area contributed by atoms with Crippen LogP contribution in [0.15, 0.2) is 54.6 Å². The summed E-state index contributed by atoms with van der Waals surface area (Å²) in [5.41, 5.74) is 1.56. The first-order valence-electron chi connectivity index (χ1n) is 6.92. The van der Waals surface area contributed by atoms with E-state index in [1.807, 2.05) is 30.3 Å². The van der Waals surface area contributed by atoms with E-state index in [1.54, 1.807) is 24.3 Å². The molecule has 2 amide bonds. The predicted molar refractivity (Wildman–Crippen MR) is 87.7 cm³/mol. The average molecular weight is 317 g/mol. The van der Waals surface area contributed by atoms with Crippen LogP contribution in [0, 0.1) is 0 Å². The van der Waals surface area contributed by atoms with E-state index < -0.39 is 6.04 Å². The molecule has 2 aromatic carbocycles. The number of anilines is 1. The van der Waals surface area contributed by atoms with Gasteiger partial charge in [-0.2, -0.15) is 0 Å². The molecular weight excluding hydrogens is 300 g/mol. The van der Waals surface area contributed by atoms with Crippen LogP contribution in [0.2, 0.25) is 5.02 Å². The molecule has 1 atom stereocenters. The number of benzene rings is 2. The minimum atomic E-state index is -0.390. The molecule has 0 saturated carbocycles. The predicted octanol–water partition coefficient (Wildman–Crippen LogP) is 3.55. The summed E-state index contributed by atoms with van der Waals surface area (Å²) < 4.78 is 0. The lowest BCUT2D eigenvalue weighted by Crippen LogP contribution is -2.29. The lowest BCUT2D eigenvalue weighted by atomic mass is 10.0. The summed E-state index contributed by atoms with van der Waals surface area (Å²) >= 11 is 5.87. The molecule has 114 valence electrons. The van der Waals surface area contributed by atoms with Gasteiger partial charge in [-0.3, -0.25) is 9.59 Å². The topological polar surface area (TPSA) is 58.2 Å². The smallest absolute Gasteiger partial charge is 0.226 e. The van der Waals surface area contributed by atoms with Crippen molar-refractivity contribution in [3.63, 3.8) is 0 Å². The highest BCUT2D eigenvalue weighted by Gasteiger charge is 2.17. The zero-order valence-electron chi connectivity index (χ0n) is 12.2. The van der Waals surface area contributed by atoms with Gasteiger partial charge < -0.3 is 10.6 Å². The fraction of sp³-hybridized carbons (Fsp3) is 0.176. The van der Waals surface area contributed by atoms with Gasteiger partial charge in [-0.25, -0.2) is 0 Å². The summed E-state index contributed by atoms with van der Waals surface area (Å²) in [5, 5.41) is 6.21. The number of carbonyl (C=O) groups excluding carboxylic acids is 2. The van der Waals surface area contributed by atoms with Crippen LogP contribution in [-0.4, -0.2) is 11.8 Å². The van der Waals surface area contributed by atoms with E-state index in [0.717, 1.165) is 11.3 Å². The van der Waals surface area contributed by atoms with E-state index in [4.69, 9.17) is 11.6 Å². The summed E-state index contributed by atoms with van der Waals surface area (Å²) in [6, 6.07) is 15.9. The lowest BCUT2D eigenvalue weighted by Gasteiger charge is -2.18. The van der Waals surface area contributed by atoms with Gasteiger partial charge in [-0.1, -0.05) is 41.9 Å². The van der Waals surface area contributed by atoms with Crippen molar-refractivity contribution < 1.29 is 9.59 Å². The molecule has 0 aliphatic carbocycles. The quantitative estimate of drug-likeness (QED) is 0.886. The van der Waals surface area contributed by atoms with E-state index in [1.165, 1.54) is 6.92 Å². The number of para-hydroxylation sites is 1. The highest BCUT2D eigenvalue weighted by atomic mass is 35.5. The number of hydrogen-bond donors (Lipinski definition) is 2. The van der Waals surface area contributed by atoms with Crippen molar-refractivity contribution in [1.29, 1.82) is 0 Å². The largest absolute Gasteiger partial charge is 0.349 e. The fourth-order valence-electron chi connectivity index (χ4n) is 2.11. The molecule has 2 aromatic rings. The van der Waals surface area contributed by atoms with Gasteiger partial charge in [0.05, 0.1) is 12.5 Å². The fourth-order valence-corrected chi connectivity index (χ4v) is 2.24. The minimum Gasteiger partial charge on any atom is -0.349 e. The van der Waals surface area contributed by atoms with Crippen molar-refractivity contribution >= 4 is 29.1 Å². The van der Waals surface area contributed by atoms with Gasteiger partial charge in [0.15, 0.2) is 0 Å². The third-order valence-corrected chi connectivity index (χ3v) is 3.35. The maximum Gasteiger partial charge on any atom is 0.226 e. The first-order valence-corrected chi connectivity index (χ1v) is 7.30. The number of rotatable bonds is 5. The minimum absolute atomic E-state index is 0.149. The second-order valence-electron chi connectivity index (χ2n) is 4.92. The van der Waals surface area contributed by atoms with Crippen molar-refractivity contribution in [1.82, 2.24) is 5.32 Å². The third kappa shape index (κ3) is 4.90. The molecule has 4 nitrogen and oxygen atoms in total. The Morgan fingerprint density at radius 3 is 2.27 bits per heavy atom. The standard InChI is InChI=1S/C17H17ClN2O2/c1-12(21)19-16(13-7-9-14(18)10-8-13)11-17(22)20-15-5-3-2-4-6-15/h2-10,16H,11H2,1H3,(H,19,21)(H,20,22). The summed E-state index contributed by atoms with van der Waals surface area (Å²) in [7, 11) is 0. The molecule has 2 rings (SSSR count). The normalized spacial score (nSPS) is 11.5. The third-order valence-electron chi connectivity index (χ3n) is 3.10. The molecule has 22 heavy (non-hydrogen) atoms. The van der Waals surface area contributed by atoms with Gasteiger partial charge in [0.25, 0.3) is 0 Å². The average Bonchev–Trinajstić information content (AvgIpc) is 2.48. The van der Waals surface area contributed by atoms with E-state index in [0.29, 0.717) is 5.02 Å². The van der Waals surface area contributed by atoms with Crippen molar-refractivity contribution in [2.45, 2.75) is 19.4 Å². The summed E-state index contributed by atoms with van der Waals surface area (Å²) in [6.45, 7) is 1.43. The number of hydrogen-bond acceptors (Lipinski definition) is 2. The molecule has 0 radical (unpaired) electrons. The van der Waals surface area contributed by atoms with Crippen LogP contribution in [0.4, 0.5) is 5.69 Å². The van der Waals surface area contributed by atoms with Crippen molar-refractivity contribution in [3.8, 4) is 0 Å². The Morgan fingerprint density at radius 1 is 1.05 bits per heavy atom. The monoisotopic (exact) mass is 316 g/mol. The second kappa shape index (κ2) is 7.61. The highest BCUT2D eigenvalue weighted by molar-refractivity contribution is 6.30. The Hall–Kier alpha value is -2.33. The molecule has 5 heteroatoms. The molecule has 0 saturated heterocycles. The van der Waals surface area contributed by atoms with Gasteiger partial charge in [0, 0.05) is 17.6 Å². The first kappa shape index (κ1) is 16.0. The van der Waals surface area contributed by atoms with Gasteiger partial charge in [0.2, 0.25) is 11.8 Å². The van der Waals surface area contributed by atoms with E-state index in [-0.39, 0.29) is 18.2 Å². The van der Waals surface area contributed by atoms with Crippen molar-refractivity contribution in [2.75, 3.05) is 5.32 Å². The Bertz CT molecular complexity index is 641. The van der Waals surface area contributed by atoms with Gasteiger partial charge in [-0.15, -0.1) is 0 Å². The van der Waals surface area contributed by atoms with Crippen molar-refractivity contribution in [2.24, 2.45) is 0 Å². The summed E-state index contributed by atoms with van der Waals surface area (Å²) in [6.07, 6.45) is 0.149. The molecule has 0 bridgehead atoms. The second-order valence-corrected chi connectivity index (χ2v) is 5.36. The van der Waals surface area contributed by atoms with Crippen LogP contribution in [0.25, 0.3) is 0 Å². The highest BCUT2D eigenvalue weighted by Crippen LogP contribution is 2.20. The number of nitrogens with one attached hydrogen (secondary N) is 2. The number of halogens is 1. The van der Waals surface area contributed by atoms with Gasteiger partial charge in [0.1, 0.15) is 0 Å². The summed E-state index contributed by atoms with van der Waals surface area (Å²) in [5.74, 6) is -0.354. The van der Waals surface area contributed by atoms with Crippen LogP contribution in [0.3, 0.4) is 0 Å². The lowest BCUT2D eigenvalue weighted by molar-refractivity contribution is -0.120. The Morgan fingerprint density at radius 2 is 1.68 bits per heavy atom. The van der Waals surface area contributed by atoms with Crippen LogP contribution >= 0.6 is 11.6 Å². The maximum atomic E-state index is 12.2. The molecule has 2 N–H and O–H groups in total. The molecule has 0 aromatic heterocycles. The molecule has 0 aliphatic heterocycles. The van der Waals surface area contributed by atoms with Gasteiger partial charge in [-0.05, 0) is 29.8 Å². The van der Waals surface area contributed by atoms with Crippen LogP contribution in [-0.2, 0) is 9.59 Å². The summed E-state index contributed by atoms with van der Waals surface area (Å²) in [4.78, 5) is 23.5. The molecule has 1 unspecified atom stereocenters. The Kier molecular flexibility index (Phi) is 5.55. The molecule has 0 aliphatic rings. The Labute approximate surface area is 134 Å². The van der Waals surface area contributed by atoms with Crippen LogP contribution in [0.1, 0.15) is 24.9 Å². The number of carbonyl (C=O) groups is 2. The first-order chi connectivity index (χ1) is 10.5. The van der Waals surface area contributed by atoms with Gasteiger partial charge >= 0.3 is 0 Å². The Balaban J connectivity index is 2.07. The van der Waals surface area contributed by atoms with E-state index >= 15 is 0 Å². The molecule has 0 heterocycles. The van der Waals surface area contributed by atoms with Crippen LogP contribution < -0.4 is 10.6 Å². The van der Waals surface area contributed by atoms with Crippen molar-refractivity contribution in [3.05, 3.63) is 65.2 Å². The zero-order valence-corrected chi connectivity index (χ0v) is 12.9. The zero-order chi connectivity index (χ0) is 15.9. The maximum absolute atomic E-state index is 12.2. The van der Waals surface area contributed by atoms with Crippen LogP contribution in [0.5, 0.6) is 0 Å².